The first kappa shape index (κ1) is 23.3. The number of nitrogens with one attached hydrogen (secondary N) is 1. The van der Waals surface area contributed by atoms with Gasteiger partial charge in [-0.25, -0.2) is 5.01 Å². The topological polar surface area (TPSA) is 44.7 Å². The quantitative estimate of drug-likeness (QED) is 0.552. The second kappa shape index (κ2) is 8.51. The third-order valence-corrected chi connectivity index (χ3v) is 5.24. The zero-order valence-corrected chi connectivity index (χ0v) is 17.6. The predicted octanol–water partition coefficient (Wildman–Crippen LogP) is 5.85. The highest BCUT2D eigenvalue weighted by atomic mass is 19.4. The first-order chi connectivity index (χ1) is 15.9. The van der Waals surface area contributed by atoms with Crippen LogP contribution in [0, 0.1) is 0 Å². The second-order valence-corrected chi connectivity index (χ2v) is 7.68. The van der Waals surface area contributed by atoms with Crippen molar-refractivity contribution in [3.05, 3.63) is 95.1 Å². The fourth-order valence-corrected chi connectivity index (χ4v) is 3.50. The van der Waals surface area contributed by atoms with Crippen LogP contribution >= 0.6 is 0 Å². The Labute approximate surface area is 190 Å². The van der Waals surface area contributed by atoms with Crippen LogP contribution in [0.25, 0.3) is 11.3 Å². The number of halogens is 6. The van der Waals surface area contributed by atoms with Crippen molar-refractivity contribution >= 4 is 22.9 Å². The van der Waals surface area contributed by atoms with Crippen molar-refractivity contribution in [2.75, 3.05) is 0 Å². The van der Waals surface area contributed by atoms with Crippen molar-refractivity contribution in [2.24, 2.45) is 5.10 Å². The molecule has 1 amide bonds. The summed E-state index contributed by atoms with van der Waals surface area (Å²) in [7, 11) is 0. The molecular weight excluding hydrogens is 460 g/mol. The molecule has 10 heteroatoms. The molecule has 0 spiro atoms. The van der Waals surface area contributed by atoms with Crippen molar-refractivity contribution in [2.45, 2.75) is 25.4 Å². The zero-order chi connectivity index (χ0) is 24.7. The fourth-order valence-electron chi connectivity index (χ4n) is 3.50. The van der Waals surface area contributed by atoms with Crippen LogP contribution in [0.1, 0.15) is 29.2 Å². The van der Waals surface area contributed by atoms with E-state index in [0.717, 1.165) is 29.3 Å². The molecule has 176 valence electrons. The van der Waals surface area contributed by atoms with Gasteiger partial charge in [-0.05, 0) is 60.0 Å². The average Bonchev–Trinajstić information content (AvgIpc) is 2.76. The average molecular weight is 477 g/mol. The molecule has 1 atom stereocenters. The maximum absolute atomic E-state index is 12.9. The van der Waals surface area contributed by atoms with Gasteiger partial charge in [-0.1, -0.05) is 30.3 Å². The normalized spacial score (nSPS) is 22.8. The van der Waals surface area contributed by atoms with E-state index >= 15 is 0 Å². The van der Waals surface area contributed by atoms with Crippen molar-refractivity contribution in [3.8, 4) is 0 Å². The molecule has 2 aliphatic heterocycles. The molecule has 0 saturated carbocycles. The van der Waals surface area contributed by atoms with Crippen LogP contribution in [-0.2, 0) is 17.1 Å². The number of carbonyl (C=O) groups excluding carboxylic acids is 1. The van der Waals surface area contributed by atoms with Crippen LogP contribution in [0.5, 0.6) is 0 Å². The largest absolute Gasteiger partial charge is 0.416 e. The van der Waals surface area contributed by atoms with Gasteiger partial charge in [-0.3, -0.25) is 4.79 Å². The molecular formula is C24H17F6N3O. The third kappa shape index (κ3) is 4.90. The van der Waals surface area contributed by atoms with Gasteiger partial charge in [0.1, 0.15) is 6.17 Å². The molecule has 2 aromatic rings. The fraction of sp³-hybridized carbons (Fsp3) is 0.167. The lowest BCUT2D eigenvalue weighted by molar-refractivity contribution is -0.138. The second-order valence-electron chi connectivity index (χ2n) is 7.68. The summed E-state index contributed by atoms with van der Waals surface area (Å²) in [4.78, 5) is 12.8. The van der Waals surface area contributed by atoms with Gasteiger partial charge in [-0.2, -0.15) is 31.4 Å². The summed E-state index contributed by atoms with van der Waals surface area (Å²) >= 11 is 0. The lowest BCUT2D eigenvalue weighted by Gasteiger charge is -2.33. The zero-order valence-electron chi connectivity index (χ0n) is 17.6. The molecule has 0 aromatic heterocycles. The third-order valence-electron chi connectivity index (χ3n) is 5.24. The van der Waals surface area contributed by atoms with Crippen molar-refractivity contribution < 1.29 is 31.1 Å². The molecule has 0 saturated heterocycles. The lowest BCUT2D eigenvalue weighted by atomic mass is 10.0. The van der Waals surface area contributed by atoms with E-state index in [2.05, 4.69) is 10.4 Å². The molecule has 4 nitrogen and oxygen atoms in total. The summed E-state index contributed by atoms with van der Waals surface area (Å²) in [5, 5.41) is 8.49. The maximum Gasteiger partial charge on any atom is 0.416 e. The molecule has 2 aromatic carbocycles. The first-order valence-corrected chi connectivity index (χ1v) is 10.0. The van der Waals surface area contributed by atoms with Gasteiger partial charge in [0.25, 0.3) is 5.91 Å². The Bertz CT molecular complexity index is 1220. The number of carbonyl (C=O) groups is 1. The van der Waals surface area contributed by atoms with Gasteiger partial charge in [0.15, 0.2) is 0 Å². The van der Waals surface area contributed by atoms with Crippen LogP contribution in [0.2, 0.25) is 0 Å². The number of rotatable bonds is 2. The van der Waals surface area contributed by atoms with Crippen LogP contribution in [-0.4, -0.2) is 22.8 Å². The van der Waals surface area contributed by atoms with E-state index < -0.39 is 35.6 Å². The molecule has 1 N–H and O–H groups in total. The number of alkyl halides is 6. The number of amides is 1. The van der Waals surface area contributed by atoms with E-state index in [-0.39, 0.29) is 0 Å². The van der Waals surface area contributed by atoms with E-state index in [0.29, 0.717) is 28.1 Å². The molecule has 0 aliphatic carbocycles. The number of allylic oxidation sites excluding steroid dienone is 3. The number of fused-ring (bicyclic) bond motifs is 1. The molecule has 0 bridgehead atoms. The molecule has 2 heterocycles. The molecule has 0 fully saturated rings. The number of hydrazone groups is 1. The van der Waals surface area contributed by atoms with Gasteiger partial charge in [0.05, 0.1) is 16.8 Å². The Balaban J connectivity index is 1.69. The number of benzene rings is 2. The van der Waals surface area contributed by atoms with E-state index in [1.165, 1.54) is 30.3 Å². The molecule has 4 rings (SSSR count). The Morgan fingerprint density at radius 2 is 1.35 bits per heavy atom. The Hall–Kier alpha value is -3.82. The Kier molecular flexibility index (Phi) is 5.84. The lowest BCUT2D eigenvalue weighted by Crippen LogP contribution is -2.47. The monoisotopic (exact) mass is 477 g/mol. The van der Waals surface area contributed by atoms with Crippen LogP contribution in [0.15, 0.2) is 77.9 Å². The highest BCUT2D eigenvalue weighted by Crippen LogP contribution is 2.32. The van der Waals surface area contributed by atoms with E-state index in [4.69, 9.17) is 0 Å². The van der Waals surface area contributed by atoms with Gasteiger partial charge < -0.3 is 5.32 Å². The maximum atomic E-state index is 12.9. The van der Waals surface area contributed by atoms with Crippen LogP contribution < -0.4 is 5.32 Å². The summed E-state index contributed by atoms with van der Waals surface area (Å²) in [5.74, 6) is -0.503. The van der Waals surface area contributed by atoms with Crippen molar-refractivity contribution in [3.63, 3.8) is 0 Å². The van der Waals surface area contributed by atoms with Gasteiger partial charge in [0, 0.05) is 11.8 Å². The summed E-state index contributed by atoms with van der Waals surface area (Å²) < 4.78 is 77.4. The number of hydrogen-bond acceptors (Lipinski definition) is 3. The summed E-state index contributed by atoms with van der Waals surface area (Å²) in [6, 6.07) is 8.93. The highest BCUT2D eigenvalue weighted by molar-refractivity contribution is 6.01. The SMILES string of the molecule is CC1=N/N2C(=O)C=C(c3ccc(C(F)(F)F)cc3)NC2/C=C(c2ccc(C(F)(F)F)cc2)/C=C\1. The van der Waals surface area contributed by atoms with Crippen LogP contribution in [0.4, 0.5) is 26.3 Å². The Morgan fingerprint density at radius 3 is 1.88 bits per heavy atom. The Morgan fingerprint density at radius 1 is 0.824 bits per heavy atom. The smallest absolute Gasteiger partial charge is 0.360 e. The summed E-state index contributed by atoms with van der Waals surface area (Å²) in [6.07, 6.45) is -3.65. The van der Waals surface area contributed by atoms with Gasteiger partial charge in [-0.15, -0.1) is 0 Å². The molecule has 0 radical (unpaired) electrons. The minimum Gasteiger partial charge on any atom is -0.360 e. The summed E-state index contributed by atoms with van der Waals surface area (Å²) in [5.41, 5.74) is 0.546. The number of nitrogens with zero attached hydrogens (tertiary/aromatic N) is 2. The molecule has 1 unspecified atom stereocenters. The molecule has 2 aliphatic rings. The first-order valence-electron chi connectivity index (χ1n) is 10.0. The van der Waals surface area contributed by atoms with Crippen molar-refractivity contribution in [1.82, 2.24) is 10.3 Å². The molecule has 34 heavy (non-hydrogen) atoms. The van der Waals surface area contributed by atoms with Crippen molar-refractivity contribution in [1.29, 1.82) is 0 Å². The van der Waals surface area contributed by atoms with Gasteiger partial charge >= 0.3 is 12.4 Å². The van der Waals surface area contributed by atoms with E-state index in [9.17, 15) is 31.1 Å². The van der Waals surface area contributed by atoms with E-state index in [1.54, 1.807) is 25.2 Å². The number of hydrogen-bond donors (Lipinski definition) is 1. The summed E-state index contributed by atoms with van der Waals surface area (Å²) in [6.45, 7) is 1.66. The minimum atomic E-state index is -4.49. The standard InChI is InChI=1S/C24H17F6N3O/c1-14-2-3-17(15-4-8-18(9-5-15)23(25,26)27)12-21-31-20(13-22(34)33(21)32-14)16-6-10-19(11-7-16)24(28,29)30/h2-13,21,31H,1H3/b3-2-,17-12-,32-14-. The predicted molar refractivity (Wildman–Crippen MR) is 115 cm³/mol. The van der Waals surface area contributed by atoms with Crippen LogP contribution in [0.3, 0.4) is 0 Å². The van der Waals surface area contributed by atoms with Gasteiger partial charge in [0.2, 0.25) is 0 Å². The highest BCUT2D eigenvalue weighted by Gasteiger charge is 2.32. The minimum absolute atomic E-state index is 0.292. The van der Waals surface area contributed by atoms with E-state index in [1.807, 2.05) is 0 Å².